The molecular weight excluding hydrogens is 270 g/mol. The lowest BCUT2D eigenvalue weighted by molar-refractivity contribution is 0.199. The third kappa shape index (κ3) is 3.93. The molecule has 114 valence electrons. The number of aryl methyl sites for hydroxylation is 1. The van der Waals surface area contributed by atoms with Gasteiger partial charge in [0.1, 0.15) is 0 Å². The maximum atomic E-state index is 5.05. The molecule has 1 saturated heterocycles. The van der Waals surface area contributed by atoms with E-state index >= 15 is 0 Å². The molecule has 0 saturated carbocycles. The Morgan fingerprint density at radius 3 is 2.90 bits per heavy atom. The van der Waals surface area contributed by atoms with Crippen molar-refractivity contribution in [1.82, 2.24) is 10.3 Å². The van der Waals surface area contributed by atoms with Crippen LogP contribution in [0.15, 0.2) is 0 Å². The molecule has 4 nitrogen and oxygen atoms in total. The van der Waals surface area contributed by atoms with Crippen molar-refractivity contribution in [3.63, 3.8) is 0 Å². The number of piperidine rings is 1. The fraction of sp³-hybridized carbons (Fsp3) is 0.800. The summed E-state index contributed by atoms with van der Waals surface area (Å²) in [6.07, 6.45) is 1.28. The fourth-order valence-electron chi connectivity index (χ4n) is 2.52. The first-order chi connectivity index (χ1) is 9.61. The molecule has 2 rings (SSSR count). The van der Waals surface area contributed by atoms with E-state index < -0.39 is 0 Å². The topological polar surface area (TPSA) is 37.4 Å². The number of methoxy groups -OCH3 is 1. The molecule has 2 unspecified atom stereocenters. The molecule has 20 heavy (non-hydrogen) atoms. The number of nitrogens with zero attached hydrogens (tertiary/aromatic N) is 2. The first-order valence-electron chi connectivity index (χ1n) is 7.52. The Morgan fingerprint density at radius 2 is 2.20 bits per heavy atom. The molecule has 0 aromatic carbocycles. The van der Waals surface area contributed by atoms with Crippen LogP contribution in [-0.2, 0) is 11.3 Å². The zero-order valence-corrected chi connectivity index (χ0v) is 13.9. The Hall–Kier alpha value is -0.650. The van der Waals surface area contributed by atoms with Crippen LogP contribution in [0.3, 0.4) is 0 Å². The Balaban J connectivity index is 1.93. The summed E-state index contributed by atoms with van der Waals surface area (Å²) in [5.41, 5.74) is 1.17. The summed E-state index contributed by atoms with van der Waals surface area (Å²) in [5, 5.41) is 4.60. The highest BCUT2D eigenvalue weighted by Crippen LogP contribution is 2.31. The van der Waals surface area contributed by atoms with Crippen LogP contribution in [0.25, 0.3) is 0 Å². The van der Waals surface area contributed by atoms with Crippen LogP contribution in [0.4, 0.5) is 5.13 Å². The second-order valence-electron chi connectivity index (χ2n) is 5.86. The van der Waals surface area contributed by atoms with E-state index in [4.69, 9.17) is 9.72 Å². The van der Waals surface area contributed by atoms with E-state index in [-0.39, 0.29) is 0 Å². The van der Waals surface area contributed by atoms with Crippen LogP contribution in [0.5, 0.6) is 0 Å². The van der Waals surface area contributed by atoms with Crippen molar-refractivity contribution in [1.29, 1.82) is 0 Å². The third-order valence-electron chi connectivity index (χ3n) is 4.25. The largest absolute Gasteiger partial charge is 0.383 e. The maximum absolute atomic E-state index is 5.05. The molecule has 1 aliphatic heterocycles. The molecule has 1 N–H and O–H groups in total. The Kier molecular flexibility index (Phi) is 5.81. The lowest BCUT2D eigenvalue weighted by Gasteiger charge is -2.35. The number of aromatic nitrogens is 1. The Labute approximate surface area is 126 Å². The van der Waals surface area contributed by atoms with Crippen LogP contribution in [0.1, 0.15) is 30.8 Å². The average molecular weight is 297 g/mol. The number of hydrogen-bond acceptors (Lipinski definition) is 5. The van der Waals surface area contributed by atoms with Gasteiger partial charge in [-0.2, -0.15) is 0 Å². The molecule has 0 amide bonds. The van der Waals surface area contributed by atoms with Crippen molar-refractivity contribution in [2.24, 2.45) is 11.8 Å². The SMILES string of the molecule is COCCNCc1sc(N2CCC(C)C(C)C2)nc1C. The molecule has 0 bridgehead atoms. The molecule has 1 aliphatic rings. The smallest absolute Gasteiger partial charge is 0.185 e. The molecule has 1 aromatic rings. The quantitative estimate of drug-likeness (QED) is 0.819. The molecule has 2 atom stereocenters. The molecule has 2 heterocycles. The number of thiazole rings is 1. The fourth-order valence-corrected chi connectivity index (χ4v) is 3.59. The minimum absolute atomic E-state index is 0.756. The summed E-state index contributed by atoms with van der Waals surface area (Å²) < 4.78 is 5.05. The number of nitrogens with one attached hydrogen (secondary N) is 1. The van der Waals surface area contributed by atoms with Crippen LogP contribution < -0.4 is 10.2 Å². The molecule has 0 radical (unpaired) electrons. The Bertz CT molecular complexity index is 421. The predicted molar refractivity (Wildman–Crippen MR) is 85.6 cm³/mol. The summed E-state index contributed by atoms with van der Waals surface area (Å²) in [7, 11) is 1.73. The van der Waals surface area contributed by atoms with Crippen molar-refractivity contribution in [3.8, 4) is 0 Å². The molecule has 0 spiro atoms. The number of ether oxygens (including phenoxy) is 1. The van der Waals surface area contributed by atoms with Crippen molar-refractivity contribution >= 4 is 16.5 Å². The van der Waals surface area contributed by atoms with Crippen LogP contribution >= 0.6 is 11.3 Å². The summed E-state index contributed by atoms with van der Waals surface area (Å²) in [6.45, 7) is 11.7. The second-order valence-corrected chi connectivity index (χ2v) is 6.93. The van der Waals surface area contributed by atoms with Gasteiger partial charge in [0, 0.05) is 38.2 Å². The van der Waals surface area contributed by atoms with Crippen molar-refractivity contribution in [3.05, 3.63) is 10.6 Å². The maximum Gasteiger partial charge on any atom is 0.185 e. The van der Waals surface area contributed by atoms with Gasteiger partial charge in [-0.3, -0.25) is 0 Å². The first-order valence-corrected chi connectivity index (χ1v) is 8.34. The Morgan fingerprint density at radius 1 is 1.40 bits per heavy atom. The lowest BCUT2D eigenvalue weighted by Crippen LogP contribution is -2.38. The lowest BCUT2D eigenvalue weighted by atomic mass is 9.89. The van der Waals surface area contributed by atoms with Gasteiger partial charge in [0.05, 0.1) is 12.3 Å². The van der Waals surface area contributed by atoms with Crippen molar-refractivity contribution < 1.29 is 4.74 Å². The minimum Gasteiger partial charge on any atom is -0.383 e. The highest BCUT2D eigenvalue weighted by molar-refractivity contribution is 7.15. The van der Waals surface area contributed by atoms with Gasteiger partial charge in [-0.1, -0.05) is 13.8 Å². The van der Waals surface area contributed by atoms with Crippen molar-refractivity contribution in [2.45, 2.75) is 33.7 Å². The zero-order chi connectivity index (χ0) is 14.5. The second kappa shape index (κ2) is 7.38. The molecule has 1 fully saturated rings. The van der Waals surface area contributed by atoms with E-state index in [1.54, 1.807) is 7.11 Å². The summed E-state index contributed by atoms with van der Waals surface area (Å²) in [4.78, 5) is 8.57. The number of rotatable bonds is 6. The molecule has 1 aromatic heterocycles. The minimum atomic E-state index is 0.756. The molecule has 5 heteroatoms. The van der Waals surface area contributed by atoms with Crippen LogP contribution in [0, 0.1) is 18.8 Å². The van der Waals surface area contributed by atoms with Gasteiger partial charge in [0.25, 0.3) is 0 Å². The van der Waals surface area contributed by atoms with Crippen LogP contribution in [0.2, 0.25) is 0 Å². The number of anilines is 1. The van der Waals surface area contributed by atoms with E-state index in [1.165, 1.54) is 22.1 Å². The van der Waals surface area contributed by atoms with E-state index in [2.05, 4.69) is 31.0 Å². The van der Waals surface area contributed by atoms with Gasteiger partial charge in [0.15, 0.2) is 5.13 Å². The number of hydrogen-bond donors (Lipinski definition) is 1. The van der Waals surface area contributed by atoms with E-state index in [0.29, 0.717) is 0 Å². The average Bonchev–Trinajstić information content (AvgIpc) is 2.79. The normalized spacial score (nSPS) is 23.3. The van der Waals surface area contributed by atoms with Crippen LogP contribution in [-0.4, -0.2) is 38.3 Å². The van der Waals surface area contributed by atoms with Crippen molar-refractivity contribution in [2.75, 3.05) is 38.3 Å². The zero-order valence-electron chi connectivity index (χ0n) is 13.1. The van der Waals surface area contributed by atoms with E-state index in [0.717, 1.165) is 44.6 Å². The van der Waals surface area contributed by atoms with Gasteiger partial charge in [-0.05, 0) is 25.2 Å². The van der Waals surface area contributed by atoms with E-state index in [1.807, 2.05) is 11.3 Å². The molecule has 0 aliphatic carbocycles. The highest BCUT2D eigenvalue weighted by Gasteiger charge is 2.24. The standard InChI is InChI=1S/C15H27N3OS/c1-11-5-7-18(10-12(11)2)15-17-13(3)14(20-15)9-16-6-8-19-4/h11-12,16H,5-10H2,1-4H3. The third-order valence-corrected chi connectivity index (χ3v) is 5.47. The molecular formula is C15H27N3OS. The monoisotopic (exact) mass is 297 g/mol. The summed E-state index contributed by atoms with van der Waals surface area (Å²) in [6, 6.07) is 0. The first kappa shape index (κ1) is 15.7. The van der Waals surface area contributed by atoms with Gasteiger partial charge >= 0.3 is 0 Å². The highest BCUT2D eigenvalue weighted by atomic mass is 32.1. The summed E-state index contributed by atoms with van der Waals surface area (Å²) in [5.74, 6) is 1.60. The van der Waals surface area contributed by atoms with Gasteiger partial charge in [-0.15, -0.1) is 11.3 Å². The van der Waals surface area contributed by atoms with Gasteiger partial charge < -0.3 is 15.0 Å². The van der Waals surface area contributed by atoms with Gasteiger partial charge in [0.2, 0.25) is 0 Å². The summed E-state index contributed by atoms with van der Waals surface area (Å²) >= 11 is 1.84. The van der Waals surface area contributed by atoms with Gasteiger partial charge in [-0.25, -0.2) is 4.98 Å². The van der Waals surface area contributed by atoms with E-state index in [9.17, 15) is 0 Å². The predicted octanol–water partition coefficient (Wildman–Crippen LogP) is 2.67.